The van der Waals surface area contributed by atoms with Gasteiger partial charge in [-0.05, 0) is 329 Å². The first kappa shape index (κ1) is 86.7. The number of anilines is 5. The van der Waals surface area contributed by atoms with Crippen molar-refractivity contribution >= 4 is 182 Å². The zero-order valence-electron chi connectivity index (χ0n) is 76.3. The number of hydrogen-bond acceptors (Lipinski definition) is 4. The summed E-state index contributed by atoms with van der Waals surface area (Å²) in [5.74, 6) is 0. The summed E-state index contributed by atoms with van der Waals surface area (Å²) in [6, 6.07) is 151. The van der Waals surface area contributed by atoms with E-state index in [1.54, 1.807) is 0 Å². The molecule has 8 heteroatoms. The first-order valence-electron chi connectivity index (χ1n) is 46.0. The molecule has 133 heavy (non-hydrogen) atoms. The lowest BCUT2D eigenvalue weighted by molar-refractivity contribution is 0.00578. The molecular weight excluding hydrogens is 1860 g/mol. The smallest absolute Gasteiger partial charge is 0.399 e. The topological polar surface area (TPSA) is 33.7 Å². The summed E-state index contributed by atoms with van der Waals surface area (Å²) in [6.07, 6.45) is 0. The number of nitrogens with zero attached hydrogens (tertiary/aromatic N) is 1. The van der Waals surface area contributed by atoms with Gasteiger partial charge in [0.05, 0.1) is 16.9 Å². The number of rotatable bonds is 11. The Labute approximate surface area is 810 Å². The van der Waals surface area contributed by atoms with E-state index in [1.807, 2.05) is 18.2 Å². The van der Waals surface area contributed by atoms with Gasteiger partial charge in [0.15, 0.2) is 0 Å². The van der Waals surface area contributed by atoms with E-state index in [-0.39, 0.29) is 34.6 Å². The normalized spacial score (nSPS) is 14.4. The summed E-state index contributed by atoms with van der Waals surface area (Å²) in [7, 11) is -0.323. The van der Waals surface area contributed by atoms with Crippen molar-refractivity contribution in [2.45, 2.75) is 96.7 Å². The van der Waals surface area contributed by atoms with Crippen LogP contribution >= 0.6 is 54.5 Å². The monoisotopic (exact) mass is 1960 g/mol. The number of benzene rings is 21. The van der Waals surface area contributed by atoms with Crippen LogP contribution in [-0.2, 0) is 25.6 Å². The van der Waals surface area contributed by atoms with Gasteiger partial charge in [0, 0.05) is 62.3 Å². The number of fused-ring (bicyclic) bond motifs is 2. The van der Waals surface area contributed by atoms with Crippen LogP contribution in [0.5, 0.6) is 0 Å². The van der Waals surface area contributed by atoms with E-state index in [2.05, 4.69) is 534 Å². The van der Waals surface area contributed by atoms with Crippen molar-refractivity contribution in [1.82, 2.24) is 0 Å². The fourth-order valence-electron chi connectivity index (χ4n) is 20.5. The Morgan fingerprint density at radius 1 is 0.256 bits per heavy atom. The minimum Gasteiger partial charge on any atom is -0.399 e. The van der Waals surface area contributed by atoms with Crippen LogP contribution in [0.2, 0.25) is 0 Å². The van der Waals surface area contributed by atoms with Crippen molar-refractivity contribution < 1.29 is 9.31 Å². The highest BCUT2D eigenvalue weighted by Gasteiger charge is 2.52. The molecule has 4 nitrogen and oxygen atoms in total. The van der Waals surface area contributed by atoms with Crippen molar-refractivity contribution in [3.8, 4) is 55.6 Å². The summed E-state index contributed by atoms with van der Waals surface area (Å²) in [4.78, 5) is 2.35. The average Bonchev–Trinajstić information content (AvgIpc) is 1.56. The van der Waals surface area contributed by atoms with Crippen molar-refractivity contribution in [1.29, 1.82) is 0 Å². The molecule has 0 bridgehead atoms. The molecule has 0 atom stereocenters. The van der Waals surface area contributed by atoms with Crippen molar-refractivity contribution in [2.75, 3.05) is 10.2 Å². The Morgan fingerprint density at radius 2 is 0.571 bits per heavy atom. The molecule has 1 aliphatic heterocycles. The molecule has 1 heterocycles. The molecule has 646 valence electrons. The van der Waals surface area contributed by atoms with Crippen LogP contribution in [0.15, 0.2) is 428 Å². The molecule has 1 N–H and O–H groups in total. The first-order valence-corrected chi connectivity index (χ1v) is 48.6. The fourth-order valence-corrected chi connectivity index (χ4v) is 21.4. The van der Waals surface area contributed by atoms with Crippen LogP contribution in [0.4, 0.5) is 28.4 Å². The highest BCUT2D eigenvalue weighted by molar-refractivity contribution is 14.1. The van der Waals surface area contributed by atoms with Gasteiger partial charge in [-0.25, -0.2) is 0 Å². The van der Waals surface area contributed by atoms with E-state index in [0.29, 0.717) is 0 Å². The molecular formula is C125H100BBr2IN2O2. The lowest BCUT2D eigenvalue weighted by Gasteiger charge is -2.32. The SMILES string of the molecule is Brc1ccc(-c2ccc(I)cc2)cc1.CC1(C)c2cccc3ccc4cc(-c5ccc(-c6ccc(Br)cc6)cc5)cc1c4c23.CC1(C)c2cccc3ccc4cc(-c5ccc(-c6ccc(N(c7ccccc7)c7cccc8ccccc78)cc6)cc5)cc1c4c23.CC1(C)c2cccc3ccc4cc(B5OC(C)(C)C(C)(C)O5)cc1c4c23.c1ccc(Nc2cccc3ccccc23)cc1. The summed E-state index contributed by atoms with van der Waals surface area (Å²) in [5.41, 5.74) is 27.2. The minimum absolute atomic E-state index is 0.0128. The van der Waals surface area contributed by atoms with E-state index in [1.165, 1.54) is 184 Å². The second kappa shape index (κ2) is 34.9. The van der Waals surface area contributed by atoms with E-state index >= 15 is 0 Å². The largest absolute Gasteiger partial charge is 0.494 e. The third kappa shape index (κ3) is 16.2. The van der Waals surface area contributed by atoms with Crippen LogP contribution < -0.4 is 15.7 Å². The Kier molecular flexibility index (Phi) is 22.7. The average molecular weight is 1960 g/mol. The molecule has 21 aromatic carbocycles. The van der Waals surface area contributed by atoms with Crippen LogP contribution in [0, 0.1) is 3.57 Å². The summed E-state index contributed by atoms with van der Waals surface area (Å²) in [5, 5.41) is 24.9. The van der Waals surface area contributed by atoms with Gasteiger partial charge in [0.25, 0.3) is 0 Å². The molecule has 21 aromatic rings. The van der Waals surface area contributed by atoms with Gasteiger partial charge in [-0.3, -0.25) is 0 Å². The highest BCUT2D eigenvalue weighted by atomic mass is 127. The molecule has 1 fully saturated rings. The quantitative estimate of drug-likeness (QED) is 0.0795. The Hall–Kier alpha value is -13.0. The first-order chi connectivity index (χ1) is 64.4. The number of para-hydroxylation sites is 2. The van der Waals surface area contributed by atoms with Gasteiger partial charge in [-0.2, -0.15) is 0 Å². The van der Waals surface area contributed by atoms with Gasteiger partial charge in [0.1, 0.15) is 0 Å². The van der Waals surface area contributed by atoms with Crippen LogP contribution in [0.1, 0.15) is 103 Å². The van der Waals surface area contributed by atoms with Crippen molar-refractivity contribution in [3.63, 3.8) is 0 Å². The molecule has 25 rings (SSSR count). The zero-order valence-corrected chi connectivity index (χ0v) is 81.6. The van der Waals surface area contributed by atoms with Gasteiger partial charge in [0.2, 0.25) is 0 Å². The third-order valence-corrected chi connectivity index (χ3v) is 30.2. The summed E-state index contributed by atoms with van der Waals surface area (Å²) < 4.78 is 16.1. The third-order valence-electron chi connectivity index (χ3n) is 28.4. The maximum absolute atomic E-state index is 6.32. The lowest BCUT2D eigenvalue weighted by atomic mass is 9.74. The van der Waals surface area contributed by atoms with Crippen LogP contribution in [0.25, 0.3) is 142 Å². The Balaban J connectivity index is 0.000000106. The van der Waals surface area contributed by atoms with Gasteiger partial charge in [-0.1, -0.05) is 383 Å². The number of halogens is 3. The van der Waals surface area contributed by atoms with Gasteiger partial charge in [-0.15, -0.1) is 0 Å². The van der Waals surface area contributed by atoms with Gasteiger partial charge < -0.3 is 19.5 Å². The molecule has 3 aliphatic carbocycles. The number of nitrogens with one attached hydrogen (secondary N) is 1. The summed E-state index contributed by atoms with van der Waals surface area (Å²) >= 11 is 9.26. The van der Waals surface area contributed by atoms with E-state index in [0.717, 1.165) is 37.2 Å². The Bertz CT molecular complexity index is 7990. The van der Waals surface area contributed by atoms with Gasteiger partial charge >= 0.3 is 7.12 Å². The Morgan fingerprint density at radius 3 is 1.02 bits per heavy atom. The maximum Gasteiger partial charge on any atom is 0.494 e. The standard InChI is InChI=1S/C45H33N.C29H21Br.C23H25BO2.C16H13N.C12H8BrI/c1-45(2)40-16-8-12-34-22-23-35-28-36(29-41(45)44(35)43(34)40)32-20-18-30(19-21-32)31-24-26-38(27-25-31)46(37-13-4-3-5-14-37)42-17-9-11-33-10-6-7-15-39(33)42;1-29(2)25-5-3-4-21-10-11-22-16-23(17-26(29)28(22)27(21)25)20-8-6-18(7-9-20)19-12-14-24(30)15-13-19;1-21(2)17-9-7-8-14-10-11-15-12-16(13-18(21)20(15)19(14)17)24-25-22(3,4)23(5,6)26-24;1-2-9-14(10-3-1)17-16-12-6-8-13-7-4-5-11-15(13)16;13-11-5-1-9(2-6-11)10-3-7-12(14)8-4-10/h3-29H,1-2H3;3-17H,1-2H3;7-13H,1-6H3;1-12,17H;1-8H. The van der Waals surface area contributed by atoms with Crippen molar-refractivity contribution in [2.24, 2.45) is 0 Å². The van der Waals surface area contributed by atoms with E-state index in [9.17, 15) is 0 Å². The summed E-state index contributed by atoms with van der Waals surface area (Å²) in [6.45, 7) is 22.5. The van der Waals surface area contributed by atoms with Crippen molar-refractivity contribution in [3.05, 3.63) is 464 Å². The molecule has 0 amide bonds. The molecule has 0 unspecified atom stereocenters. The van der Waals surface area contributed by atoms with E-state index < -0.39 is 0 Å². The predicted molar refractivity (Wildman–Crippen MR) is 584 cm³/mol. The molecule has 0 radical (unpaired) electrons. The highest BCUT2D eigenvalue weighted by Crippen LogP contribution is 2.54. The number of hydrogen-bond donors (Lipinski definition) is 1. The second-order valence-electron chi connectivity index (χ2n) is 38.2. The maximum atomic E-state index is 6.32. The lowest BCUT2D eigenvalue weighted by Crippen LogP contribution is -2.41. The zero-order chi connectivity index (χ0) is 91.2. The molecule has 1 saturated heterocycles. The molecule has 0 aromatic heterocycles. The predicted octanol–water partition coefficient (Wildman–Crippen LogP) is 35.6. The van der Waals surface area contributed by atoms with Crippen LogP contribution in [-0.4, -0.2) is 18.3 Å². The second-order valence-corrected chi connectivity index (χ2v) is 41.3. The van der Waals surface area contributed by atoms with Crippen LogP contribution in [0.3, 0.4) is 0 Å². The fraction of sp³-hybridized carbons (Fsp3) is 0.120. The molecule has 0 spiro atoms. The van der Waals surface area contributed by atoms with E-state index in [4.69, 9.17) is 9.31 Å². The molecule has 0 saturated carbocycles. The minimum atomic E-state index is -0.324. The molecule has 4 aliphatic rings.